The van der Waals surface area contributed by atoms with Crippen molar-refractivity contribution in [1.82, 2.24) is 5.16 Å². The maximum absolute atomic E-state index is 13.2. The third-order valence-electron chi connectivity index (χ3n) is 4.30. The smallest absolute Gasteiger partial charge is 0.266 e. The highest BCUT2D eigenvalue weighted by Gasteiger charge is 2.12. The Labute approximate surface area is 177 Å². The fourth-order valence-electron chi connectivity index (χ4n) is 2.61. The number of nitrogens with zero attached hydrogens (tertiary/aromatic N) is 2. The van der Waals surface area contributed by atoms with Crippen molar-refractivity contribution < 1.29 is 18.4 Å². The molecule has 0 radical (unpaired) electrons. The lowest BCUT2D eigenvalue weighted by molar-refractivity contribution is -0.112. The summed E-state index contributed by atoms with van der Waals surface area (Å²) < 4.78 is 24.1. The van der Waals surface area contributed by atoms with E-state index >= 15 is 0 Å². The van der Waals surface area contributed by atoms with Gasteiger partial charge in [-0.05, 0) is 55.8 Å². The van der Waals surface area contributed by atoms with Gasteiger partial charge in [0.25, 0.3) is 5.91 Å². The average Bonchev–Trinajstić information content (AvgIpc) is 3.05. The molecular weight excluding hydrogens is 409 g/mol. The number of carbonyl (C=O) groups excluding carboxylic acids is 1. The van der Waals surface area contributed by atoms with Crippen LogP contribution in [0.4, 0.5) is 10.1 Å². The first-order valence-electron chi connectivity index (χ1n) is 8.90. The van der Waals surface area contributed by atoms with E-state index in [9.17, 15) is 14.4 Å². The number of carbonyl (C=O) groups is 1. The SMILES string of the molecule is Cc1noc(C)c1COc1ccc(/C=C(\C#N)C(=O)Nc2ccc(F)c(Cl)c2)cc1. The van der Waals surface area contributed by atoms with Crippen LogP contribution in [0.3, 0.4) is 0 Å². The highest BCUT2D eigenvalue weighted by atomic mass is 35.5. The second-order valence-corrected chi connectivity index (χ2v) is 6.82. The van der Waals surface area contributed by atoms with Crippen LogP contribution in [-0.4, -0.2) is 11.1 Å². The molecule has 8 heteroatoms. The third-order valence-corrected chi connectivity index (χ3v) is 4.59. The van der Waals surface area contributed by atoms with E-state index in [0.717, 1.165) is 17.3 Å². The van der Waals surface area contributed by atoms with Gasteiger partial charge in [0, 0.05) is 5.69 Å². The van der Waals surface area contributed by atoms with Gasteiger partial charge in [-0.2, -0.15) is 5.26 Å². The first kappa shape index (κ1) is 21.1. The molecule has 0 aliphatic carbocycles. The van der Waals surface area contributed by atoms with Gasteiger partial charge in [-0.25, -0.2) is 4.39 Å². The molecule has 3 aromatic rings. The second kappa shape index (κ2) is 9.25. The molecule has 152 valence electrons. The minimum Gasteiger partial charge on any atom is -0.489 e. The van der Waals surface area contributed by atoms with Gasteiger partial charge in [0.2, 0.25) is 0 Å². The third kappa shape index (κ3) is 5.04. The maximum atomic E-state index is 13.2. The monoisotopic (exact) mass is 425 g/mol. The Bertz CT molecular complexity index is 1130. The lowest BCUT2D eigenvalue weighted by Gasteiger charge is -2.07. The van der Waals surface area contributed by atoms with Crippen LogP contribution in [0, 0.1) is 31.0 Å². The summed E-state index contributed by atoms with van der Waals surface area (Å²) in [6.07, 6.45) is 1.44. The predicted molar refractivity (Wildman–Crippen MR) is 110 cm³/mol. The molecule has 0 spiro atoms. The summed E-state index contributed by atoms with van der Waals surface area (Å²) >= 11 is 5.70. The van der Waals surface area contributed by atoms with Crippen LogP contribution in [-0.2, 0) is 11.4 Å². The number of aromatic nitrogens is 1. The number of aryl methyl sites for hydroxylation is 2. The molecule has 30 heavy (non-hydrogen) atoms. The van der Waals surface area contributed by atoms with Crippen molar-refractivity contribution in [3.63, 3.8) is 0 Å². The standard InChI is InChI=1S/C22H17ClFN3O3/c1-13-19(14(2)30-27-13)12-29-18-6-3-15(4-7-18)9-16(11-25)22(28)26-17-5-8-21(24)20(23)10-17/h3-10H,12H2,1-2H3,(H,26,28)/b16-9+. The summed E-state index contributed by atoms with van der Waals surface area (Å²) in [6.45, 7) is 3.99. The predicted octanol–water partition coefficient (Wildman–Crippen LogP) is 5.21. The van der Waals surface area contributed by atoms with E-state index in [1.807, 2.05) is 19.9 Å². The highest BCUT2D eigenvalue weighted by Crippen LogP contribution is 2.21. The molecule has 6 nitrogen and oxygen atoms in total. The van der Waals surface area contributed by atoms with E-state index in [1.54, 1.807) is 24.3 Å². The van der Waals surface area contributed by atoms with Gasteiger partial charge in [0.05, 0.1) is 16.3 Å². The van der Waals surface area contributed by atoms with Crippen LogP contribution >= 0.6 is 11.6 Å². The van der Waals surface area contributed by atoms with Crippen molar-refractivity contribution in [2.45, 2.75) is 20.5 Å². The maximum Gasteiger partial charge on any atom is 0.266 e. The summed E-state index contributed by atoms with van der Waals surface area (Å²) in [5, 5.41) is 15.6. The van der Waals surface area contributed by atoms with E-state index in [0.29, 0.717) is 23.7 Å². The number of hydrogen-bond donors (Lipinski definition) is 1. The van der Waals surface area contributed by atoms with Crippen LogP contribution in [0.15, 0.2) is 52.6 Å². The number of rotatable bonds is 6. The molecule has 0 unspecified atom stereocenters. The number of nitrogens with one attached hydrogen (secondary N) is 1. The molecule has 0 saturated heterocycles. The summed E-state index contributed by atoms with van der Waals surface area (Å²) in [6, 6.07) is 12.5. The van der Waals surface area contributed by atoms with Crippen LogP contribution in [0.2, 0.25) is 5.02 Å². The molecule has 0 atom stereocenters. The number of benzene rings is 2. The van der Waals surface area contributed by atoms with Crippen LogP contribution in [0.25, 0.3) is 6.08 Å². The summed E-state index contributed by atoms with van der Waals surface area (Å²) in [4.78, 5) is 12.3. The van der Waals surface area contributed by atoms with Crippen molar-refractivity contribution in [1.29, 1.82) is 5.26 Å². The van der Waals surface area contributed by atoms with Gasteiger partial charge in [0.15, 0.2) is 0 Å². The molecule has 0 bridgehead atoms. The van der Waals surface area contributed by atoms with Gasteiger partial charge in [-0.15, -0.1) is 0 Å². The number of halogens is 2. The molecule has 1 aromatic heterocycles. The number of nitriles is 1. The Morgan fingerprint density at radius 1 is 1.30 bits per heavy atom. The number of ether oxygens (including phenoxy) is 1. The van der Waals surface area contributed by atoms with E-state index in [4.69, 9.17) is 20.9 Å². The molecule has 1 N–H and O–H groups in total. The molecule has 0 aliphatic heterocycles. The van der Waals surface area contributed by atoms with Gasteiger partial charge in [0.1, 0.15) is 35.6 Å². The molecule has 1 heterocycles. The molecule has 3 rings (SSSR count). The molecule has 1 amide bonds. The zero-order chi connectivity index (χ0) is 21.7. The number of amides is 1. The lowest BCUT2D eigenvalue weighted by Crippen LogP contribution is -2.13. The molecule has 0 aliphatic rings. The zero-order valence-electron chi connectivity index (χ0n) is 16.2. The molecule has 0 saturated carbocycles. The topological polar surface area (TPSA) is 88.2 Å². The largest absolute Gasteiger partial charge is 0.489 e. The van der Waals surface area contributed by atoms with Crippen molar-refractivity contribution in [2.75, 3.05) is 5.32 Å². The number of hydrogen-bond acceptors (Lipinski definition) is 5. The minimum atomic E-state index is -0.626. The second-order valence-electron chi connectivity index (χ2n) is 6.41. The summed E-state index contributed by atoms with van der Waals surface area (Å²) in [7, 11) is 0. The highest BCUT2D eigenvalue weighted by molar-refractivity contribution is 6.31. The van der Waals surface area contributed by atoms with Crippen LogP contribution in [0.5, 0.6) is 5.75 Å². The van der Waals surface area contributed by atoms with Crippen molar-refractivity contribution in [3.05, 3.63) is 81.5 Å². The Morgan fingerprint density at radius 2 is 2.03 bits per heavy atom. The van der Waals surface area contributed by atoms with Crippen molar-refractivity contribution in [2.24, 2.45) is 0 Å². The minimum absolute atomic E-state index is 0.111. The fourth-order valence-corrected chi connectivity index (χ4v) is 2.79. The normalized spacial score (nSPS) is 11.1. The van der Waals surface area contributed by atoms with Crippen LogP contribution < -0.4 is 10.1 Å². The lowest BCUT2D eigenvalue weighted by atomic mass is 10.1. The van der Waals surface area contributed by atoms with Gasteiger partial charge in [-0.1, -0.05) is 28.9 Å². The average molecular weight is 426 g/mol. The van der Waals surface area contributed by atoms with Crippen molar-refractivity contribution in [3.8, 4) is 11.8 Å². The first-order chi connectivity index (χ1) is 14.4. The van der Waals surface area contributed by atoms with Crippen molar-refractivity contribution >= 4 is 29.3 Å². The zero-order valence-corrected chi connectivity index (χ0v) is 17.0. The van der Waals surface area contributed by atoms with Gasteiger partial charge < -0.3 is 14.6 Å². The first-order valence-corrected chi connectivity index (χ1v) is 9.28. The molecule has 2 aromatic carbocycles. The van der Waals surface area contributed by atoms with Crippen LogP contribution in [0.1, 0.15) is 22.6 Å². The van der Waals surface area contributed by atoms with E-state index in [1.165, 1.54) is 18.2 Å². The Balaban J connectivity index is 1.67. The Kier molecular flexibility index (Phi) is 6.50. The molecule has 0 fully saturated rings. The summed E-state index contributed by atoms with van der Waals surface area (Å²) in [5.74, 6) is 0.108. The Hall–Kier alpha value is -3.63. The fraction of sp³-hybridized carbons (Fsp3) is 0.136. The summed E-state index contributed by atoms with van der Waals surface area (Å²) in [5.41, 5.74) is 2.49. The van der Waals surface area contributed by atoms with Gasteiger partial charge >= 0.3 is 0 Å². The van der Waals surface area contributed by atoms with Gasteiger partial charge in [-0.3, -0.25) is 4.79 Å². The quantitative estimate of drug-likeness (QED) is 0.432. The number of anilines is 1. The van der Waals surface area contributed by atoms with E-state index in [-0.39, 0.29) is 16.3 Å². The van der Waals surface area contributed by atoms with E-state index < -0.39 is 11.7 Å². The molecular formula is C22H17ClFN3O3. The Morgan fingerprint density at radius 3 is 2.63 bits per heavy atom. The van der Waals surface area contributed by atoms with E-state index in [2.05, 4.69) is 10.5 Å².